The lowest BCUT2D eigenvalue weighted by atomic mass is 9.98. The molecule has 170 valence electrons. The summed E-state index contributed by atoms with van der Waals surface area (Å²) in [6.45, 7) is 8.02. The van der Waals surface area contributed by atoms with Gasteiger partial charge < -0.3 is 19.3 Å². The quantitative estimate of drug-likeness (QED) is 0.609. The number of hydrogen-bond donors (Lipinski definition) is 0. The normalized spacial score (nSPS) is 16.9. The van der Waals surface area contributed by atoms with E-state index in [-0.39, 0.29) is 5.82 Å². The highest BCUT2D eigenvalue weighted by Gasteiger charge is 2.22. The van der Waals surface area contributed by atoms with Crippen LogP contribution in [0, 0.1) is 12.7 Å². The van der Waals surface area contributed by atoms with Gasteiger partial charge in [-0.3, -0.25) is 0 Å². The Labute approximate surface area is 190 Å². The van der Waals surface area contributed by atoms with Gasteiger partial charge >= 0.3 is 0 Å². The zero-order valence-corrected chi connectivity index (χ0v) is 19.2. The van der Waals surface area contributed by atoms with Crippen molar-refractivity contribution in [3.8, 4) is 5.88 Å². The summed E-state index contributed by atoms with van der Waals surface area (Å²) < 4.78 is 25.2. The van der Waals surface area contributed by atoms with Gasteiger partial charge in [0.1, 0.15) is 5.82 Å². The molecule has 0 bridgehead atoms. The number of halogens is 1. The summed E-state index contributed by atoms with van der Waals surface area (Å²) in [4.78, 5) is 9.50. The summed E-state index contributed by atoms with van der Waals surface area (Å²) in [6, 6.07) is 9.58. The molecular weight excluding hydrogens is 405 g/mol. The maximum Gasteiger partial charge on any atom is 0.213 e. The Morgan fingerprint density at radius 2 is 1.81 bits per heavy atom. The SMILES string of the molecule is CCOC1=CC=C(c2nc(OC)ccc2N2CCCN(c3ccc(C)c(F)c3)CC2)CC1. The number of allylic oxidation sites excluding steroid dienone is 4. The lowest BCUT2D eigenvalue weighted by Gasteiger charge is -2.27. The molecule has 0 atom stereocenters. The molecule has 0 saturated carbocycles. The monoisotopic (exact) mass is 437 g/mol. The molecule has 1 aliphatic carbocycles. The summed E-state index contributed by atoms with van der Waals surface area (Å²) in [5, 5.41) is 0. The van der Waals surface area contributed by atoms with Gasteiger partial charge in [0.2, 0.25) is 5.88 Å². The summed E-state index contributed by atoms with van der Waals surface area (Å²) in [6.07, 6.45) is 6.95. The lowest BCUT2D eigenvalue weighted by molar-refractivity contribution is 0.218. The average molecular weight is 438 g/mol. The van der Waals surface area contributed by atoms with Crippen LogP contribution in [0.5, 0.6) is 5.88 Å². The molecule has 0 unspecified atom stereocenters. The average Bonchev–Trinajstić information content (AvgIpc) is 3.07. The number of rotatable bonds is 6. The van der Waals surface area contributed by atoms with Crippen molar-refractivity contribution in [1.29, 1.82) is 0 Å². The zero-order chi connectivity index (χ0) is 22.5. The van der Waals surface area contributed by atoms with E-state index in [1.807, 2.05) is 25.1 Å². The molecular formula is C26H32FN3O2. The van der Waals surface area contributed by atoms with Crippen molar-refractivity contribution < 1.29 is 13.9 Å². The Kier molecular flexibility index (Phi) is 6.98. The van der Waals surface area contributed by atoms with Crippen molar-refractivity contribution in [3.63, 3.8) is 0 Å². The van der Waals surface area contributed by atoms with Crippen molar-refractivity contribution in [2.45, 2.75) is 33.1 Å². The molecule has 4 rings (SSSR count). The number of aromatic nitrogens is 1. The minimum absolute atomic E-state index is 0.144. The van der Waals surface area contributed by atoms with Crippen LogP contribution in [0.4, 0.5) is 15.8 Å². The van der Waals surface area contributed by atoms with Crippen LogP contribution >= 0.6 is 0 Å². The second-order valence-corrected chi connectivity index (χ2v) is 8.24. The van der Waals surface area contributed by atoms with Crippen LogP contribution in [-0.4, -0.2) is 44.9 Å². The van der Waals surface area contributed by atoms with Crippen LogP contribution in [0.3, 0.4) is 0 Å². The number of nitrogens with zero attached hydrogens (tertiary/aromatic N) is 3. The fourth-order valence-electron chi connectivity index (χ4n) is 4.36. The topological polar surface area (TPSA) is 37.8 Å². The van der Waals surface area contributed by atoms with Gasteiger partial charge in [-0.25, -0.2) is 9.37 Å². The van der Waals surface area contributed by atoms with E-state index in [4.69, 9.17) is 14.5 Å². The first kappa shape index (κ1) is 22.2. The van der Waals surface area contributed by atoms with E-state index >= 15 is 0 Å². The fraction of sp³-hybridized carbons (Fsp3) is 0.423. The van der Waals surface area contributed by atoms with E-state index in [1.165, 1.54) is 5.57 Å². The summed E-state index contributed by atoms with van der Waals surface area (Å²) >= 11 is 0. The second kappa shape index (κ2) is 10.1. The van der Waals surface area contributed by atoms with Crippen LogP contribution < -0.4 is 14.5 Å². The lowest BCUT2D eigenvalue weighted by Crippen LogP contribution is -2.31. The third-order valence-electron chi connectivity index (χ3n) is 6.16. The van der Waals surface area contributed by atoms with Crippen LogP contribution in [0.15, 0.2) is 48.2 Å². The van der Waals surface area contributed by atoms with Crippen molar-refractivity contribution >= 4 is 16.9 Å². The number of benzene rings is 1. The molecule has 0 N–H and O–H groups in total. The van der Waals surface area contributed by atoms with Gasteiger partial charge in [-0.05, 0) is 62.1 Å². The Hall–Kier alpha value is -3.02. The Morgan fingerprint density at radius 3 is 2.53 bits per heavy atom. The number of pyridine rings is 1. The van der Waals surface area contributed by atoms with Gasteiger partial charge in [0.15, 0.2) is 0 Å². The number of hydrogen-bond acceptors (Lipinski definition) is 5. The second-order valence-electron chi connectivity index (χ2n) is 8.24. The minimum Gasteiger partial charge on any atom is -0.498 e. The van der Waals surface area contributed by atoms with Crippen LogP contribution in [0.2, 0.25) is 0 Å². The maximum atomic E-state index is 14.1. The van der Waals surface area contributed by atoms with E-state index in [1.54, 1.807) is 20.1 Å². The molecule has 6 heteroatoms. The van der Waals surface area contributed by atoms with Crippen molar-refractivity contribution in [3.05, 3.63) is 65.3 Å². The molecule has 1 fully saturated rings. The van der Waals surface area contributed by atoms with Gasteiger partial charge in [0.25, 0.3) is 0 Å². The molecule has 2 aliphatic rings. The Morgan fingerprint density at radius 1 is 1.00 bits per heavy atom. The molecule has 1 aliphatic heterocycles. The van der Waals surface area contributed by atoms with E-state index in [2.05, 4.69) is 28.0 Å². The van der Waals surface area contributed by atoms with Gasteiger partial charge in [-0.1, -0.05) is 12.1 Å². The minimum atomic E-state index is -0.144. The van der Waals surface area contributed by atoms with Crippen LogP contribution in [0.25, 0.3) is 5.57 Å². The molecule has 0 radical (unpaired) electrons. The molecule has 32 heavy (non-hydrogen) atoms. The molecule has 5 nitrogen and oxygen atoms in total. The van der Waals surface area contributed by atoms with E-state index < -0.39 is 0 Å². The van der Waals surface area contributed by atoms with Gasteiger partial charge in [0, 0.05) is 44.4 Å². The maximum absolute atomic E-state index is 14.1. The number of methoxy groups -OCH3 is 1. The Bertz CT molecular complexity index is 1020. The van der Waals surface area contributed by atoms with Gasteiger partial charge in [-0.2, -0.15) is 0 Å². The first-order valence-electron chi connectivity index (χ1n) is 11.4. The van der Waals surface area contributed by atoms with Crippen LogP contribution in [-0.2, 0) is 4.74 Å². The van der Waals surface area contributed by atoms with Crippen molar-refractivity contribution in [2.75, 3.05) is 49.7 Å². The first-order chi connectivity index (χ1) is 15.6. The molecule has 1 aromatic heterocycles. The Balaban J connectivity index is 1.57. The molecule has 0 amide bonds. The largest absolute Gasteiger partial charge is 0.498 e. The smallest absolute Gasteiger partial charge is 0.213 e. The summed E-state index contributed by atoms with van der Waals surface area (Å²) in [7, 11) is 1.65. The van der Waals surface area contributed by atoms with Crippen LogP contribution in [0.1, 0.15) is 37.4 Å². The summed E-state index contributed by atoms with van der Waals surface area (Å²) in [5.74, 6) is 1.50. The summed E-state index contributed by atoms with van der Waals surface area (Å²) in [5.41, 5.74) is 4.94. The fourth-order valence-corrected chi connectivity index (χ4v) is 4.36. The number of aryl methyl sites for hydroxylation is 1. The van der Waals surface area contributed by atoms with Crippen molar-refractivity contribution in [1.82, 2.24) is 4.98 Å². The predicted molar refractivity (Wildman–Crippen MR) is 128 cm³/mol. The molecule has 1 aromatic carbocycles. The third-order valence-corrected chi connectivity index (χ3v) is 6.16. The third kappa shape index (κ3) is 4.90. The molecule has 2 heterocycles. The molecule has 1 saturated heterocycles. The van der Waals surface area contributed by atoms with E-state index in [0.717, 1.165) is 68.3 Å². The highest BCUT2D eigenvalue weighted by Crippen LogP contribution is 2.34. The van der Waals surface area contributed by atoms with E-state index in [9.17, 15) is 4.39 Å². The van der Waals surface area contributed by atoms with Gasteiger partial charge in [-0.15, -0.1) is 0 Å². The standard InChI is InChI=1S/C26H32FN3O2/c1-4-32-22-10-7-20(8-11-22)26-24(12-13-25(28-26)31-3)30-15-5-14-29(16-17-30)21-9-6-19(2)23(27)18-21/h6-7,9-10,12-13,18H,4-5,8,11,14-17H2,1-3H3. The molecule has 2 aromatic rings. The van der Waals surface area contributed by atoms with E-state index in [0.29, 0.717) is 18.1 Å². The zero-order valence-electron chi connectivity index (χ0n) is 19.2. The molecule has 0 spiro atoms. The van der Waals surface area contributed by atoms with Gasteiger partial charge in [0.05, 0.1) is 30.9 Å². The highest BCUT2D eigenvalue weighted by atomic mass is 19.1. The first-order valence-corrected chi connectivity index (χ1v) is 11.4. The predicted octanol–water partition coefficient (Wildman–Crippen LogP) is 5.35. The highest BCUT2D eigenvalue weighted by molar-refractivity contribution is 5.76. The van der Waals surface area contributed by atoms with Crippen molar-refractivity contribution in [2.24, 2.45) is 0 Å². The number of ether oxygens (including phenoxy) is 2. The number of anilines is 2.